The summed E-state index contributed by atoms with van der Waals surface area (Å²) in [6.07, 6.45) is -1.41. The minimum atomic E-state index is -0.707. The summed E-state index contributed by atoms with van der Waals surface area (Å²) in [5, 5.41) is 18.9. The third-order valence-electron chi connectivity index (χ3n) is 2.88. The number of carbonyl (C=O) groups excluding carboxylic acids is 1. The molecule has 2 atom stereocenters. The largest absolute Gasteiger partial charge is 0.389 e. The molecule has 2 unspecified atom stereocenters. The number of hydrogen-bond donors (Lipinski definition) is 2. The van der Waals surface area contributed by atoms with Crippen molar-refractivity contribution >= 4 is 11.5 Å². The van der Waals surface area contributed by atoms with Crippen molar-refractivity contribution in [1.82, 2.24) is 0 Å². The number of nitrogens with zero attached hydrogens (tertiary/aromatic N) is 1. The zero-order valence-corrected chi connectivity index (χ0v) is 9.13. The number of benzene rings is 1. The van der Waals surface area contributed by atoms with Crippen LogP contribution in [0.5, 0.6) is 0 Å². The van der Waals surface area contributed by atoms with E-state index < -0.39 is 12.2 Å². The maximum absolute atomic E-state index is 11.2. The van der Waals surface area contributed by atoms with Crippen LogP contribution in [0.3, 0.4) is 0 Å². The van der Waals surface area contributed by atoms with E-state index >= 15 is 0 Å². The molecule has 1 saturated heterocycles. The molecule has 2 rings (SSSR count). The molecule has 1 heterocycles. The number of ketones is 1. The number of carbonyl (C=O) groups is 1. The summed E-state index contributed by atoms with van der Waals surface area (Å²) in [4.78, 5) is 13.1. The minimum Gasteiger partial charge on any atom is -0.389 e. The van der Waals surface area contributed by atoms with Gasteiger partial charge in [0.2, 0.25) is 0 Å². The summed E-state index contributed by atoms with van der Waals surface area (Å²) in [6.45, 7) is 2.33. The van der Waals surface area contributed by atoms with E-state index in [9.17, 15) is 15.0 Å². The van der Waals surface area contributed by atoms with Gasteiger partial charge in [0.25, 0.3) is 0 Å². The first-order chi connectivity index (χ1) is 7.58. The molecule has 16 heavy (non-hydrogen) atoms. The van der Waals surface area contributed by atoms with Crippen molar-refractivity contribution < 1.29 is 15.0 Å². The van der Waals surface area contributed by atoms with Crippen molar-refractivity contribution in [2.24, 2.45) is 0 Å². The van der Waals surface area contributed by atoms with Crippen molar-refractivity contribution in [1.29, 1.82) is 0 Å². The van der Waals surface area contributed by atoms with E-state index in [1.165, 1.54) is 6.92 Å². The SMILES string of the molecule is CC(=O)c1cccc(N2CC(O)C(O)C2)c1. The van der Waals surface area contributed by atoms with Crippen LogP contribution >= 0.6 is 0 Å². The van der Waals surface area contributed by atoms with Gasteiger partial charge < -0.3 is 15.1 Å². The van der Waals surface area contributed by atoms with Crippen molar-refractivity contribution in [2.45, 2.75) is 19.1 Å². The number of aliphatic hydroxyl groups excluding tert-OH is 2. The average Bonchev–Trinajstić information content (AvgIpc) is 2.59. The van der Waals surface area contributed by atoms with E-state index in [0.29, 0.717) is 18.7 Å². The quantitative estimate of drug-likeness (QED) is 0.711. The molecule has 1 aliphatic rings. The summed E-state index contributed by atoms with van der Waals surface area (Å²) in [6, 6.07) is 7.22. The molecule has 0 bridgehead atoms. The molecule has 0 amide bonds. The lowest BCUT2D eigenvalue weighted by Gasteiger charge is -2.18. The molecule has 1 aromatic carbocycles. The van der Waals surface area contributed by atoms with Crippen LogP contribution in [0.4, 0.5) is 5.69 Å². The lowest BCUT2D eigenvalue weighted by atomic mass is 10.1. The highest BCUT2D eigenvalue weighted by molar-refractivity contribution is 5.95. The van der Waals surface area contributed by atoms with Crippen LogP contribution in [0.1, 0.15) is 17.3 Å². The Morgan fingerprint density at radius 3 is 2.50 bits per heavy atom. The number of β-amino-alcohol motifs (C(OH)–C–C–N with tert-alkyl or cyclic N) is 2. The second-order valence-corrected chi connectivity index (χ2v) is 4.15. The minimum absolute atomic E-state index is 0.0159. The molecule has 4 heteroatoms. The Kier molecular flexibility index (Phi) is 2.94. The van der Waals surface area contributed by atoms with Crippen LogP contribution in [-0.4, -0.2) is 41.3 Å². The van der Waals surface area contributed by atoms with E-state index in [4.69, 9.17) is 0 Å². The molecular formula is C12H15NO3. The van der Waals surface area contributed by atoms with Crippen molar-refractivity contribution in [2.75, 3.05) is 18.0 Å². The van der Waals surface area contributed by atoms with Gasteiger partial charge in [0.05, 0.1) is 12.2 Å². The zero-order valence-electron chi connectivity index (χ0n) is 9.13. The predicted octanol–water partition coefficient (Wildman–Crippen LogP) is 0.431. The summed E-state index contributed by atoms with van der Waals surface area (Å²) < 4.78 is 0. The van der Waals surface area contributed by atoms with Gasteiger partial charge in [-0.3, -0.25) is 4.79 Å². The second-order valence-electron chi connectivity index (χ2n) is 4.15. The second kappa shape index (κ2) is 4.23. The molecular weight excluding hydrogens is 206 g/mol. The molecule has 86 valence electrons. The summed E-state index contributed by atoms with van der Waals surface area (Å²) >= 11 is 0. The number of hydrogen-bond acceptors (Lipinski definition) is 4. The summed E-state index contributed by atoms with van der Waals surface area (Å²) in [5.41, 5.74) is 1.51. The standard InChI is InChI=1S/C12H15NO3/c1-8(14)9-3-2-4-10(5-9)13-6-11(15)12(16)7-13/h2-5,11-12,15-16H,6-7H2,1H3. The van der Waals surface area contributed by atoms with Gasteiger partial charge in [-0.1, -0.05) is 12.1 Å². The Morgan fingerprint density at radius 1 is 1.31 bits per heavy atom. The Bertz CT molecular complexity index is 395. The van der Waals surface area contributed by atoms with E-state index in [0.717, 1.165) is 5.69 Å². The number of anilines is 1. The first kappa shape index (κ1) is 11.1. The number of rotatable bonds is 2. The van der Waals surface area contributed by atoms with Gasteiger partial charge in [0, 0.05) is 24.3 Å². The fourth-order valence-electron chi connectivity index (χ4n) is 1.90. The maximum Gasteiger partial charge on any atom is 0.159 e. The van der Waals surface area contributed by atoms with Crippen LogP contribution in [0.15, 0.2) is 24.3 Å². The molecule has 1 fully saturated rings. The molecule has 0 spiro atoms. The molecule has 0 saturated carbocycles. The van der Waals surface area contributed by atoms with Crippen molar-refractivity contribution in [3.05, 3.63) is 29.8 Å². The lowest BCUT2D eigenvalue weighted by Crippen LogP contribution is -2.22. The van der Waals surface area contributed by atoms with Crippen LogP contribution in [-0.2, 0) is 0 Å². The van der Waals surface area contributed by atoms with Gasteiger partial charge in [-0.15, -0.1) is 0 Å². The van der Waals surface area contributed by atoms with Crippen LogP contribution < -0.4 is 4.90 Å². The van der Waals surface area contributed by atoms with Gasteiger partial charge in [0.15, 0.2) is 5.78 Å². The Labute approximate surface area is 94.1 Å². The van der Waals surface area contributed by atoms with E-state index in [1.54, 1.807) is 12.1 Å². The third kappa shape index (κ3) is 2.08. The Morgan fingerprint density at radius 2 is 1.94 bits per heavy atom. The Balaban J connectivity index is 2.21. The fraction of sp³-hybridized carbons (Fsp3) is 0.417. The van der Waals surface area contributed by atoms with Gasteiger partial charge in [0.1, 0.15) is 0 Å². The monoisotopic (exact) mass is 221 g/mol. The number of Topliss-reactive ketones (excluding diaryl/α,β-unsaturated/α-hetero) is 1. The number of aliphatic hydroxyl groups is 2. The van der Waals surface area contributed by atoms with Crippen LogP contribution in [0.2, 0.25) is 0 Å². The fourth-order valence-corrected chi connectivity index (χ4v) is 1.90. The molecule has 0 aliphatic carbocycles. The normalized spacial score (nSPS) is 24.8. The zero-order chi connectivity index (χ0) is 11.7. The molecule has 4 nitrogen and oxygen atoms in total. The first-order valence-electron chi connectivity index (χ1n) is 5.30. The first-order valence-corrected chi connectivity index (χ1v) is 5.30. The maximum atomic E-state index is 11.2. The van der Waals surface area contributed by atoms with Gasteiger partial charge in [-0.2, -0.15) is 0 Å². The van der Waals surface area contributed by atoms with Gasteiger partial charge in [-0.05, 0) is 19.1 Å². The van der Waals surface area contributed by atoms with E-state index in [1.807, 2.05) is 17.0 Å². The molecule has 0 aromatic heterocycles. The topological polar surface area (TPSA) is 60.8 Å². The van der Waals surface area contributed by atoms with E-state index in [2.05, 4.69) is 0 Å². The summed E-state index contributed by atoms with van der Waals surface area (Å²) in [5.74, 6) is 0.0159. The highest BCUT2D eigenvalue weighted by Crippen LogP contribution is 2.21. The lowest BCUT2D eigenvalue weighted by molar-refractivity contribution is 0.0572. The Hall–Kier alpha value is -1.39. The van der Waals surface area contributed by atoms with Crippen LogP contribution in [0.25, 0.3) is 0 Å². The highest BCUT2D eigenvalue weighted by atomic mass is 16.3. The molecule has 2 N–H and O–H groups in total. The highest BCUT2D eigenvalue weighted by Gasteiger charge is 2.29. The van der Waals surface area contributed by atoms with E-state index in [-0.39, 0.29) is 5.78 Å². The van der Waals surface area contributed by atoms with Crippen LogP contribution in [0, 0.1) is 0 Å². The van der Waals surface area contributed by atoms with Crippen molar-refractivity contribution in [3.8, 4) is 0 Å². The summed E-state index contributed by atoms with van der Waals surface area (Å²) in [7, 11) is 0. The molecule has 1 aromatic rings. The smallest absolute Gasteiger partial charge is 0.159 e. The van der Waals surface area contributed by atoms with Gasteiger partial charge >= 0.3 is 0 Å². The molecule has 1 aliphatic heterocycles. The third-order valence-corrected chi connectivity index (χ3v) is 2.88. The van der Waals surface area contributed by atoms with Crippen molar-refractivity contribution in [3.63, 3.8) is 0 Å². The predicted molar refractivity (Wildman–Crippen MR) is 60.7 cm³/mol. The van der Waals surface area contributed by atoms with Gasteiger partial charge in [-0.25, -0.2) is 0 Å². The molecule has 0 radical (unpaired) electrons. The average molecular weight is 221 g/mol.